The van der Waals surface area contributed by atoms with Crippen molar-refractivity contribution in [3.63, 3.8) is 0 Å². The Kier molecular flexibility index (Phi) is 2.40. The SMILES string of the molecule is CC1Nc2cnn(-c3ccccc3)c(=O)c2S1. The third kappa shape index (κ3) is 1.72. The van der Waals surface area contributed by atoms with Crippen LogP contribution in [0.4, 0.5) is 5.69 Å². The smallest absolute Gasteiger partial charge is 0.287 e. The molecule has 1 unspecified atom stereocenters. The molecule has 1 aromatic carbocycles. The Bertz CT molecular complexity index is 609. The lowest BCUT2D eigenvalue weighted by atomic mass is 10.3. The van der Waals surface area contributed by atoms with Crippen LogP contribution in [0, 0.1) is 0 Å². The van der Waals surface area contributed by atoms with Crippen molar-refractivity contribution in [2.24, 2.45) is 0 Å². The number of para-hydroxylation sites is 1. The molecule has 1 aromatic heterocycles. The Morgan fingerprint density at radius 3 is 2.88 bits per heavy atom. The van der Waals surface area contributed by atoms with E-state index in [0.29, 0.717) is 0 Å². The quantitative estimate of drug-likeness (QED) is 0.835. The maximum atomic E-state index is 12.2. The average Bonchev–Trinajstić information content (AvgIpc) is 2.72. The molecule has 0 fully saturated rings. The summed E-state index contributed by atoms with van der Waals surface area (Å²) in [6.45, 7) is 2.02. The topological polar surface area (TPSA) is 46.9 Å². The second kappa shape index (κ2) is 3.92. The van der Waals surface area contributed by atoms with E-state index < -0.39 is 0 Å². The van der Waals surface area contributed by atoms with E-state index in [-0.39, 0.29) is 10.9 Å². The summed E-state index contributed by atoms with van der Waals surface area (Å²) in [5.41, 5.74) is 1.57. The van der Waals surface area contributed by atoms with E-state index in [2.05, 4.69) is 10.4 Å². The predicted octanol–water partition coefficient (Wildman–Crippen LogP) is 2.10. The summed E-state index contributed by atoms with van der Waals surface area (Å²) in [6, 6.07) is 9.45. The molecule has 2 heterocycles. The predicted molar refractivity (Wildman–Crippen MR) is 68.8 cm³/mol. The normalized spacial score (nSPS) is 17.6. The summed E-state index contributed by atoms with van der Waals surface area (Å²) < 4.78 is 1.44. The van der Waals surface area contributed by atoms with Gasteiger partial charge < -0.3 is 5.32 Å². The minimum Gasteiger partial charge on any atom is -0.371 e. The summed E-state index contributed by atoms with van der Waals surface area (Å²) >= 11 is 1.54. The third-order valence-electron chi connectivity index (χ3n) is 2.59. The first-order valence-corrected chi connectivity index (χ1v) is 6.24. The zero-order valence-corrected chi connectivity index (χ0v) is 10.1. The second-order valence-electron chi connectivity index (χ2n) is 3.84. The number of thioether (sulfide) groups is 1. The molecule has 0 radical (unpaired) electrons. The number of nitrogens with zero attached hydrogens (tertiary/aromatic N) is 2. The summed E-state index contributed by atoms with van der Waals surface area (Å²) in [5.74, 6) is 0. The zero-order valence-electron chi connectivity index (χ0n) is 9.25. The van der Waals surface area contributed by atoms with E-state index in [1.807, 2.05) is 37.3 Å². The Morgan fingerprint density at radius 1 is 1.35 bits per heavy atom. The summed E-state index contributed by atoms with van der Waals surface area (Å²) in [7, 11) is 0. The van der Waals surface area contributed by atoms with Crippen LogP contribution < -0.4 is 10.9 Å². The zero-order chi connectivity index (χ0) is 11.8. The van der Waals surface area contributed by atoms with Gasteiger partial charge in [-0.15, -0.1) is 0 Å². The van der Waals surface area contributed by atoms with E-state index in [1.54, 1.807) is 18.0 Å². The first kappa shape index (κ1) is 10.4. The van der Waals surface area contributed by atoms with Crippen LogP contribution in [0.1, 0.15) is 6.92 Å². The van der Waals surface area contributed by atoms with E-state index in [0.717, 1.165) is 16.3 Å². The number of fused-ring (bicyclic) bond motifs is 1. The molecule has 0 spiro atoms. The molecule has 3 rings (SSSR count). The summed E-state index contributed by atoms with van der Waals surface area (Å²) in [5, 5.41) is 7.61. The van der Waals surface area contributed by atoms with Crippen LogP contribution in [0.5, 0.6) is 0 Å². The average molecular weight is 245 g/mol. The minimum atomic E-state index is -0.0597. The van der Waals surface area contributed by atoms with Gasteiger partial charge in [-0.3, -0.25) is 4.79 Å². The third-order valence-corrected chi connectivity index (χ3v) is 3.69. The molecule has 86 valence electrons. The Hall–Kier alpha value is -1.75. The Labute approximate surface area is 103 Å². The fourth-order valence-electron chi connectivity index (χ4n) is 1.83. The van der Waals surface area contributed by atoms with Crippen LogP contribution in [0.15, 0.2) is 46.2 Å². The second-order valence-corrected chi connectivity index (χ2v) is 5.20. The number of hydrogen-bond acceptors (Lipinski definition) is 4. The lowest BCUT2D eigenvalue weighted by Gasteiger charge is -2.05. The Morgan fingerprint density at radius 2 is 2.12 bits per heavy atom. The number of aromatic nitrogens is 2. The van der Waals surface area contributed by atoms with Crippen LogP contribution in [0.2, 0.25) is 0 Å². The molecular formula is C12H11N3OS. The van der Waals surface area contributed by atoms with E-state index in [9.17, 15) is 4.79 Å². The molecule has 5 heteroatoms. The molecule has 1 aliphatic heterocycles. The van der Waals surface area contributed by atoms with Gasteiger partial charge in [-0.1, -0.05) is 30.0 Å². The molecule has 0 aliphatic carbocycles. The minimum absolute atomic E-state index is 0.0597. The van der Waals surface area contributed by atoms with Gasteiger partial charge in [0, 0.05) is 0 Å². The van der Waals surface area contributed by atoms with Gasteiger partial charge in [0.05, 0.1) is 22.9 Å². The molecule has 2 aromatic rings. The van der Waals surface area contributed by atoms with Gasteiger partial charge in [-0.2, -0.15) is 9.78 Å². The van der Waals surface area contributed by atoms with E-state index >= 15 is 0 Å². The summed E-state index contributed by atoms with van der Waals surface area (Å²) in [6.07, 6.45) is 1.71. The molecule has 0 amide bonds. The molecular weight excluding hydrogens is 234 g/mol. The van der Waals surface area contributed by atoms with E-state index in [4.69, 9.17) is 0 Å². The lowest BCUT2D eigenvalue weighted by molar-refractivity contribution is 0.786. The van der Waals surface area contributed by atoms with Crippen molar-refractivity contribution >= 4 is 17.4 Å². The van der Waals surface area contributed by atoms with Crippen molar-refractivity contribution in [1.29, 1.82) is 0 Å². The highest BCUT2D eigenvalue weighted by Crippen LogP contribution is 2.34. The van der Waals surface area contributed by atoms with Gasteiger partial charge in [0.1, 0.15) is 4.90 Å². The molecule has 0 saturated heterocycles. The van der Waals surface area contributed by atoms with Crippen molar-refractivity contribution in [3.8, 4) is 5.69 Å². The fourth-order valence-corrected chi connectivity index (χ4v) is 2.80. The van der Waals surface area contributed by atoms with Crippen LogP contribution in [-0.2, 0) is 0 Å². The number of hydrogen-bond donors (Lipinski definition) is 1. The van der Waals surface area contributed by atoms with Crippen molar-refractivity contribution in [1.82, 2.24) is 9.78 Å². The largest absolute Gasteiger partial charge is 0.371 e. The van der Waals surface area contributed by atoms with Crippen molar-refractivity contribution in [3.05, 3.63) is 46.9 Å². The monoisotopic (exact) mass is 245 g/mol. The Balaban J connectivity index is 2.16. The first-order valence-electron chi connectivity index (χ1n) is 5.36. The standard InChI is InChI=1S/C12H11N3OS/c1-8-14-10-7-13-15(12(16)11(10)17-8)9-5-3-2-4-6-9/h2-8,14H,1H3. The van der Waals surface area contributed by atoms with Gasteiger partial charge >= 0.3 is 0 Å². The number of nitrogens with one attached hydrogen (secondary N) is 1. The first-order chi connectivity index (χ1) is 8.25. The van der Waals surface area contributed by atoms with Crippen LogP contribution >= 0.6 is 11.8 Å². The van der Waals surface area contributed by atoms with Gasteiger partial charge in [0.25, 0.3) is 5.56 Å². The highest BCUT2D eigenvalue weighted by atomic mass is 32.2. The van der Waals surface area contributed by atoms with Crippen LogP contribution in [0.3, 0.4) is 0 Å². The highest BCUT2D eigenvalue weighted by molar-refractivity contribution is 8.00. The highest BCUT2D eigenvalue weighted by Gasteiger charge is 2.22. The van der Waals surface area contributed by atoms with Gasteiger partial charge in [-0.05, 0) is 19.1 Å². The van der Waals surface area contributed by atoms with Gasteiger partial charge in [0.15, 0.2) is 0 Å². The molecule has 0 saturated carbocycles. The summed E-state index contributed by atoms with van der Waals surface area (Å²) in [4.78, 5) is 13.0. The fraction of sp³-hybridized carbons (Fsp3) is 0.167. The molecule has 1 aliphatic rings. The number of benzene rings is 1. The number of anilines is 1. The van der Waals surface area contributed by atoms with Crippen LogP contribution in [-0.4, -0.2) is 15.2 Å². The van der Waals surface area contributed by atoms with Crippen molar-refractivity contribution < 1.29 is 0 Å². The maximum absolute atomic E-state index is 12.2. The lowest BCUT2D eigenvalue weighted by Crippen LogP contribution is -2.21. The van der Waals surface area contributed by atoms with Gasteiger partial charge in [-0.25, -0.2) is 0 Å². The van der Waals surface area contributed by atoms with E-state index in [1.165, 1.54) is 4.68 Å². The molecule has 1 N–H and O–H groups in total. The van der Waals surface area contributed by atoms with Crippen LogP contribution in [0.25, 0.3) is 5.69 Å². The van der Waals surface area contributed by atoms with Crippen molar-refractivity contribution in [2.45, 2.75) is 17.2 Å². The van der Waals surface area contributed by atoms with Crippen molar-refractivity contribution in [2.75, 3.05) is 5.32 Å². The molecule has 4 nitrogen and oxygen atoms in total. The number of rotatable bonds is 1. The maximum Gasteiger partial charge on any atom is 0.287 e. The van der Waals surface area contributed by atoms with Gasteiger partial charge in [0.2, 0.25) is 0 Å². The molecule has 0 bridgehead atoms. The molecule has 1 atom stereocenters. The molecule has 17 heavy (non-hydrogen) atoms.